The van der Waals surface area contributed by atoms with Crippen LogP contribution in [0.15, 0.2) is 48.5 Å². The molecule has 0 aliphatic carbocycles. The topological polar surface area (TPSA) is 51.2 Å². The Morgan fingerprint density at radius 2 is 1.95 bits per heavy atom. The van der Waals surface area contributed by atoms with E-state index in [0.717, 1.165) is 28.0 Å². The molecule has 0 bridgehead atoms. The number of nitrogens with one attached hydrogen (secondary N) is 1. The lowest BCUT2D eigenvalue weighted by Gasteiger charge is -2.08. The lowest BCUT2D eigenvalue weighted by molar-refractivity contribution is 0.0954. The maximum Gasteiger partial charge on any atom is 0.280 e. The van der Waals surface area contributed by atoms with E-state index in [0.29, 0.717) is 11.6 Å². The highest BCUT2D eigenvalue weighted by molar-refractivity contribution is 7.20. The standard InChI is InChI=1S/C17H16N2O2S/c1-21-14-8-4-2-6-12(14)10-11-18-16(20)17-19-13-7-3-5-9-15(13)22-17/h2-9H,10-11H2,1H3,(H,18,20). The molecule has 1 N–H and O–H groups in total. The highest BCUT2D eigenvalue weighted by atomic mass is 32.1. The van der Waals surface area contributed by atoms with Gasteiger partial charge in [-0.15, -0.1) is 11.3 Å². The Balaban J connectivity index is 1.62. The predicted molar refractivity (Wildman–Crippen MR) is 88.7 cm³/mol. The number of amides is 1. The Morgan fingerprint density at radius 3 is 2.77 bits per heavy atom. The Bertz CT molecular complexity index is 765. The molecule has 0 radical (unpaired) electrons. The van der Waals surface area contributed by atoms with Crippen molar-refractivity contribution in [2.45, 2.75) is 6.42 Å². The van der Waals surface area contributed by atoms with Crippen molar-refractivity contribution in [1.82, 2.24) is 10.3 Å². The summed E-state index contributed by atoms with van der Waals surface area (Å²) in [4.78, 5) is 16.5. The Labute approximate surface area is 132 Å². The number of thiazole rings is 1. The third-order valence-electron chi connectivity index (χ3n) is 3.36. The van der Waals surface area contributed by atoms with Crippen LogP contribution in [-0.4, -0.2) is 24.5 Å². The first-order valence-electron chi connectivity index (χ1n) is 7.03. The van der Waals surface area contributed by atoms with E-state index in [2.05, 4.69) is 10.3 Å². The highest BCUT2D eigenvalue weighted by Crippen LogP contribution is 2.21. The zero-order valence-corrected chi connectivity index (χ0v) is 13.0. The van der Waals surface area contributed by atoms with E-state index in [-0.39, 0.29) is 5.91 Å². The Hall–Kier alpha value is -2.40. The molecule has 3 rings (SSSR count). The lowest BCUT2D eigenvalue weighted by atomic mass is 10.1. The van der Waals surface area contributed by atoms with Gasteiger partial charge in [-0.05, 0) is 30.2 Å². The summed E-state index contributed by atoms with van der Waals surface area (Å²) >= 11 is 1.41. The van der Waals surface area contributed by atoms with Crippen LogP contribution in [0.2, 0.25) is 0 Å². The summed E-state index contributed by atoms with van der Waals surface area (Å²) in [7, 11) is 1.65. The van der Waals surface area contributed by atoms with Gasteiger partial charge in [-0.1, -0.05) is 30.3 Å². The third-order valence-corrected chi connectivity index (χ3v) is 4.40. The van der Waals surface area contributed by atoms with E-state index in [1.807, 2.05) is 48.5 Å². The molecule has 5 heteroatoms. The van der Waals surface area contributed by atoms with Crippen LogP contribution in [0.25, 0.3) is 10.2 Å². The van der Waals surface area contributed by atoms with Gasteiger partial charge < -0.3 is 10.1 Å². The van der Waals surface area contributed by atoms with Crippen LogP contribution in [0.3, 0.4) is 0 Å². The molecule has 0 fully saturated rings. The number of fused-ring (bicyclic) bond motifs is 1. The predicted octanol–water partition coefficient (Wildman–Crippen LogP) is 3.28. The summed E-state index contributed by atoms with van der Waals surface area (Å²) in [5, 5.41) is 3.41. The van der Waals surface area contributed by atoms with Crippen molar-refractivity contribution < 1.29 is 9.53 Å². The average molecular weight is 312 g/mol. The molecule has 0 saturated carbocycles. The molecule has 2 aromatic carbocycles. The molecule has 0 spiro atoms. The largest absolute Gasteiger partial charge is 0.496 e. The fraction of sp³-hybridized carbons (Fsp3) is 0.176. The zero-order valence-electron chi connectivity index (χ0n) is 12.2. The number of methoxy groups -OCH3 is 1. The summed E-state index contributed by atoms with van der Waals surface area (Å²) in [6.45, 7) is 0.551. The van der Waals surface area contributed by atoms with Gasteiger partial charge >= 0.3 is 0 Å². The maximum absolute atomic E-state index is 12.2. The van der Waals surface area contributed by atoms with E-state index in [1.54, 1.807) is 7.11 Å². The minimum absolute atomic E-state index is 0.129. The van der Waals surface area contributed by atoms with E-state index in [4.69, 9.17) is 4.74 Å². The number of carbonyl (C=O) groups excluding carboxylic acids is 1. The number of hydrogen-bond acceptors (Lipinski definition) is 4. The van der Waals surface area contributed by atoms with Crippen molar-refractivity contribution in [3.63, 3.8) is 0 Å². The van der Waals surface area contributed by atoms with Crippen LogP contribution in [0.1, 0.15) is 15.4 Å². The van der Waals surface area contributed by atoms with Crippen molar-refractivity contribution in [1.29, 1.82) is 0 Å². The SMILES string of the molecule is COc1ccccc1CCNC(=O)c1nc2ccccc2s1. The number of carbonyl (C=O) groups is 1. The number of para-hydroxylation sites is 2. The van der Waals surface area contributed by atoms with Crippen LogP contribution in [-0.2, 0) is 6.42 Å². The van der Waals surface area contributed by atoms with Crippen LogP contribution in [0.5, 0.6) is 5.75 Å². The van der Waals surface area contributed by atoms with Gasteiger partial charge in [0.15, 0.2) is 5.01 Å². The smallest absolute Gasteiger partial charge is 0.280 e. The third kappa shape index (κ3) is 3.09. The molecule has 1 heterocycles. The summed E-state index contributed by atoms with van der Waals surface area (Å²) < 4.78 is 6.33. The lowest BCUT2D eigenvalue weighted by Crippen LogP contribution is -2.25. The summed E-state index contributed by atoms with van der Waals surface area (Å²) in [6.07, 6.45) is 0.723. The molecule has 0 atom stereocenters. The van der Waals surface area contributed by atoms with Crippen molar-refractivity contribution in [2.24, 2.45) is 0 Å². The number of aromatic nitrogens is 1. The molecule has 0 unspecified atom stereocenters. The minimum atomic E-state index is -0.129. The van der Waals surface area contributed by atoms with Gasteiger partial charge in [-0.25, -0.2) is 4.98 Å². The molecule has 4 nitrogen and oxygen atoms in total. The molecule has 0 aliphatic heterocycles. The second-order valence-corrected chi connectivity index (χ2v) is 5.84. The van der Waals surface area contributed by atoms with Gasteiger partial charge in [0.05, 0.1) is 17.3 Å². The molecule has 22 heavy (non-hydrogen) atoms. The molecule has 112 valence electrons. The molecular weight excluding hydrogens is 296 g/mol. The molecular formula is C17H16N2O2S. The van der Waals surface area contributed by atoms with Crippen LogP contribution < -0.4 is 10.1 Å². The number of ether oxygens (including phenoxy) is 1. The zero-order chi connectivity index (χ0) is 15.4. The average Bonchev–Trinajstić information content (AvgIpc) is 2.99. The van der Waals surface area contributed by atoms with Gasteiger partial charge in [0, 0.05) is 6.54 Å². The fourth-order valence-corrected chi connectivity index (χ4v) is 3.15. The summed E-state index contributed by atoms with van der Waals surface area (Å²) in [6, 6.07) is 15.6. The quantitative estimate of drug-likeness (QED) is 0.786. The fourth-order valence-electron chi connectivity index (χ4n) is 2.27. The number of nitrogens with zero attached hydrogens (tertiary/aromatic N) is 1. The summed E-state index contributed by atoms with van der Waals surface area (Å²) in [5.74, 6) is 0.716. The molecule has 3 aromatic rings. The first-order chi connectivity index (χ1) is 10.8. The molecule has 1 aromatic heterocycles. The van der Waals surface area contributed by atoms with Crippen LogP contribution in [0.4, 0.5) is 0 Å². The van der Waals surface area contributed by atoms with Crippen LogP contribution in [0, 0.1) is 0 Å². The maximum atomic E-state index is 12.2. The highest BCUT2D eigenvalue weighted by Gasteiger charge is 2.11. The first kappa shape index (κ1) is 14.5. The van der Waals surface area contributed by atoms with Gasteiger partial charge in [0.2, 0.25) is 0 Å². The number of rotatable bonds is 5. The normalized spacial score (nSPS) is 10.6. The van der Waals surface area contributed by atoms with Crippen molar-refractivity contribution >= 4 is 27.5 Å². The molecule has 0 aliphatic rings. The summed E-state index contributed by atoms with van der Waals surface area (Å²) in [5.41, 5.74) is 1.94. The second kappa shape index (κ2) is 6.58. The van der Waals surface area contributed by atoms with E-state index in [1.165, 1.54) is 11.3 Å². The second-order valence-electron chi connectivity index (χ2n) is 4.80. The molecule has 0 saturated heterocycles. The Kier molecular flexibility index (Phi) is 4.34. The molecule has 1 amide bonds. The minimum Gasteiger partial charge on any atom is -0.496 e. The van der Waals surface area contributed by atoms with E-state index < -0.39 is 0 Å². The van der Waals surface area contributed by atoms with Crippen molar-refractivity contribution in [3.8, 4) is 5.75 Å². The first-order valence-corrected chi connectivity index (χ1v) is 7.85. The van der Waals surface area contributed by atoms with E-state index >= 15 is 0 Å². The van der Waals surface area contributed by atoms with Gasteiger partial charge in [-0.2, -0.15) is 0 Å². The van der Waals surface area contributed by atoms with E-state index in [9.17, 15) is 4.79 Å². The monoisotopic (exact) mass is 312 g/mol. The Morgan fingerprint density at radius 1 is 1.18 bits per heavy atom. The number of hydrogen-bond donors (Lipinski definition) is 1. The van der Waals surface area contributed by atoms with Crippen LogP contribution >= 0.6 is 11.3 Å². The number of benzene rings is 2. The van der Waals surface area contributed by atoms with Crippen molar-refractivity contribution in [2.75, 3.05) is 13.7 Å². The van der Waals surface area contributed by atoms with Crippen molar-refractivity contribution in [3.05, 3.63) is 59.1 Å². The van der Waals surface area contributed by atoms with Gasteiger partial charge in [0.1, 0.15) is 5.75 Å². The van der Waals surface area contributed by atoms with Gasteiger partial charge in [0.25, 0.3) is 5.91 Å². The van der Waals surface area contributed by atoms with Gasteiger partial charge in [-0.3, -0.25) is 4.79 Å².